The topological polar surface area (TPSA) is 80.5 Å². The molecule has 0 unspecified atom stereocenters. The van der Waals surface area contributed by atoms with Crippen molar-refractivity contribution in [3.63, 3.8) is 0 Å². The molecule has 2 rings (SSSR count). The van der Waals surface area contributed by atoms with Gasteiger partial charge in [-0.3, -0.25) is 4.79 Å². The van der Waals surface area contributed by atoms with Gasteiger partial charge in [0.25, 0.3) is 10.0 Å². The molecule has 1 aromatic heterocycles. The third-order valence-electron chi connectivity index (χ3n) is 3.01. The van der Waals surface area contributed by atoms with Crippen molar-refractivity contribution in [2.45, 2.75) is 17.1 Å². The lowest BCUT2D eigenvalue weighted by Gasteiger charge is -2.29. The monoisotopic (exact) mass is 352 g/mol. The number of nitrogens with zero attached hydrogens (tertiary/aromatic N) is 1. The zero-order chi connectivity index (χ0) is 13.3. The zero-order valence-corrected chi connectivity index (χ0v) is 12.7. The predicted octanol–water partition coefficient (Wildman–Crippen LogP) is 1.40. The van der Waals surface area contributed by atoms with Crippen molar-refractivity contribution in [1.29, 1.82) is 0 Å². The highest BCUT2D eigenvalue weighted by Gasteiger charge is 2.32. The standard InChI is InChI=1S/C10H13BrN2O3S2/c11-8-3-6-17-10(8)18(15,16)13-4-1-7(2-5-13)9(12)14/h3,6-7H,1-2,4-5H2,(H2,12,14). The molecule has 1 fully saturated rings. The van der Waals surface area contributed by atoms with Crippen LogP contribution in [-0.4, -0.2) is 31.7 Å². The van der Waals surface area contributed by atoms with Crippen LogP contribution in [0.4, 0.5) is 0 Å². The summed E-state index contributed by atoms with van der Waals surface area (Å²) in [4.78, 5) is 11.0. The summed E-state index contributed by atoms with van der Waals surface area (Å²) in [6.45, 7) is 0.695. The maximum absolute atomic E-state index is 12.3. The summed E-state index contributed by atoms with van der Waals surface area (Å²) in [5.74, 6) is -0.549. The molecular weight excluding hydrogens is 340 g/mol. The lowest BCUT2D eigenvalue weighted by molar-refractivity contribution is -0.122. The van der Waals surface area contributed by atoms with Crippen LogP contribution in [0, 0.1) is 5.92 Å². The number of thiophene rings is 1. The van der Waals surface area contributed by atoms with Gasteiger partial charge in [-0.25, -0.2) is 8.42 Å². The van der Waals surface area contributed by atoms with Crippen LogP contribution in [0.1, 0.15) is 12.8 Å². The third-order valence-corrected chi connectivity index (χ3v) is 7.56. The van der Waals surface area contributed by atoms with E-state index in [1.807, 2.05) is 0 Å². The van der Waals surface area contributed by atoms with E-state index in [2.05, 4.69) is 15.9 Å². The number of piperidine rings is 1. The summed E-state index contributed by atoms with van der Waals surface area (Å²) < 4.78 is 27.0. The van der Waals surface area contributed by atoms with Gasteiger partial charge in [0.05, 0.1) is 0 Å². The van der Waals surface area contributed by atoms with Crippen molar-refractivity contribution < 1.29 is 13.2 Å². The zero-order valence-electron chi connectivity index (χ0n) is 9.50. The fraction of sp³-hybridized carbons (Fsp3) is 0.500. The third kappa shape index (κ3) is 2.61. The Morgan fingerprint density at radius 1 is 1.44 bits per heavy atom. The van der Waals surface area contributed by atoms with E-state index in [-0.39, 0.29) is 11.8 Å². The van der Waals surface area contributed by atoms with E-state index in [4.69, 9.17) is 5.73 Å². The summed E-state index contributed by atoms with van der Waals surface area (Å²) in [7, 11) is -3.45. The molecule has 0 atom stereocenters. The molecule has 2 heterocycles. The summed E-state index contributed by atoms with van der Waals surface area (Å²) in [6.07, 6.45) is 0.995. The maximum Gasteiger partial charge on any atom is 0.253 e. The van der Waals surface area contributed by atoms with E-state index >= 15 is 0 Å². The molecule has 0 spiro atoms. The Labute approximate surface area is 118 Å². The molecule has 1 amide bonds. The van der Waals surface area contributed by atoms with Crippen molar-refractivity contribution in [3.8, 4) is 0 Å². The van der Waals surface area contributed by atoms with Crippen LogP contribution in [0.15, 0.2) is 20.1 Å². The van der Waals surface area contributed by atoms with E-state index in [1.165, 1.54) is 15.6 Å². The number of amides is 1. The Balaban J connectivity index is 2.15. The van der Waals surface area contributed by atoms with Crippen LogP contribution < -0.4 is 5.73 Å². The molecule has 1 saturated heterocycles. The molecule has 2 N–H and O–H groups in total. The highest BCUT2D eigenvalue weighted by atomic mass is 79.9. The number of primary amides is 1. The number of halogens is 1. The van der Waals surface area contributed by atoms with Gasteiger partial charge in [-0.2, -0.15) is 4.31 Å². The van der Waals surface area contributed by atoms with Crippen LogP contribution in [-0.2, 0) is 14.8 Å². The number of rotatable bonds is 3. The van der Waals surface area contributed by atoms with Gasteiger partial charge in [0.15, 0.2) is 0 Å². The van der Waals surface area contributed by atoms with Crippen molar-refractivity contribution in [2.75, 3.05) is 13.1 Å². The largest absolute Gasteiger partial charge is 0.369 e. The van der Waals surface area contributed by atoms with E-state index in [0.717, 1.165) is 0 Å². The second kappa shape index (κ2) is 5.28. The van der Waals surface area contributed by atoms with Crippen LogP contribution in [0.5, 0.6) is 0 Å². The van der Waals surface area contributed by atoms with Gasteiger partial charge in [0, 0.05) is 23.5 Å². The molecule has 0 bridgehead atoms. The van der Waals surface area contributed by atoms with E-state index < -0.39 is 10.0 Å². The molecular formula is C10H13BrN2O3S2. The number of hydrogen-bond acceptors (Lipinski definition) is 4. The number of carbonyl (C=O) groups excluding carboxylic acids is 1. The first-order valence-corrected chi connectivity index (χ1v) is 8.56. The number of nitrogens with two attached hydrogens (primary N) is 1. The summed E-state index contributed by atoms with van der Waals surface area (Å²) >= 11 is 4.42. The Morgan fingerprint density at radius 3 is 2.50 bits per heavy atom. The van der Waals surface area contributed by atoms with Crippen LogP contribution in [0.3, 0.4) is 0 Å². The van der Waals surface area contributed by atoms with Crippen molar-refractivity contribution in [1.82, 2.24) is 4.31 Å². The second-order valence-corrected chi connectivity index (χ2v) is 8.04. The molecule has 100 valence electrons. The van der Waals surface area contributed by atoms with E-state index in [1.54, 1.807) is 11.4 Å². The highest BCUT2D eigenvalue weighted by molar-refractivity contribution is 9.10. The molecule has 8 heteroatoms. The summed E-state index contributed by atoms with van der Waals surface area (Å²) in [5, 5.41) is 1.73. The lowest BCUT2D eigenvalue weighted by atomic mass is 9.98. The van der Waals surface area contributed by atoms with Crippen LogP contribution >= 0.6 is 27.3 Å². The van der Waals surface area contributed by atoms with Gasteiger partial charge in [0.1, 0.15) is 4.21 Å². The average Bonchev–Trinajstić information content (AvgIpc) is 2.76. The number of sulfonamides is 1. The Hall–Kier alpha value is -0.440. The van der Waals surface area contributed by atoms with Crippen molar-refractivity contribution in [3.05, 3.63) is 15.9 Å². The fourth-order valence-corrected chi connectivity index (χ4v) is 5.88. The average molecular weight is 353 g/mol. The first-order valence-electron chi connectivity index (χ1n) is 5.45. The van der Waals surface area contributed by atoms with E-state index in [0.29, 0.717) is 34.6 Å². The quantitative estimate of drug-likeness (QED) is 0.892. The number of hydrogen-bond donors (Lipinski definition) is 1. The van der Waals surface area contributed by atoms with Gasteiger partial charge in [-0.1, -0.05) is 0 Å². The molecule has 0 aliphatic carbocycles. The number of carbonyl (C=O) groups is 1. The summed E-state index contributed by atoms with van der Waals surface area (Å²) in [6, 6.07) is 1.72. The fourth-order valence-electron chi connectivity index (χ4n) is 1.96. The minimum atomic E-state index is -3.45. The Bertz CT molecular complexity index is 547. The van der Waals surface area contributed by atoms with Gasteiger partial charge in [0.2, 0.25) is 5.91 Å². The van der Waals surface area contributed by atoms with Gasteiger partial charge in [-0.05, 0) is 40.2 Å². The Morgan fingerprint density at radius 2 is 2.06 bits per heavy atom. The minimum Gasteiger partial charge on any atom is -0.369 e. The first-order chi connectivity index (χ1) is 8.43. The molecule has 0 radical (unpaired) electrons. The highest BCUT2D eigenvalue weighted by Crippen LogP contribution is 2.32. The molecule has 0 aromatic carbocycles. The van der Waals surface area contributed by atoms with Gasteiger partial charge in [-0.15, -0.1) is 11.3 Å². The Kier molecular flexibility index (Phi) is 4.10. The normalized spacial score (nSPS) is 18.9. The maximum atomic E-state index is 12.3. The van der Waals surface area contributed by atoms with Gasteiger partial charge >= 0.3 is 0 Å². The van der Waals surface area contributed by atoms with Crippen molar-refractivity contribution >= 4 is 43.2 Å². The predicted molar refractivity (Wildman–Crippen MR) is 72.7 cm³/mol. The minimum absolute atomic E-state index is 0.205. The molecule has 1 aliphatic rings. The van der Waals surface area contributed by atoms with Crippen LogP contribution in [0.25, 0.3) is 0 Å². The second-order valence-electron chi connectivity index (χ2n) is 4.14. The first kappa shape index (κ1) is 14.0. The summed E-state index contributed by atoms with van der Waals surface area (Å²) in [5.41, 5.74) is 5.23. The van der Waals surface area contributed by atoms with Crippen molar-refractivity contribution in [2.24, 2.45) is 11.7 Å². The molecule has 1 aromatic rings. The van der Waals surface area contributed by atoms with Gasteiger partial charge < -0.3 is 5.73 Å². The smallest absolute Gasteiger partial charge is 0.253 e. The van der Waals surface area contributed by atoms with Crippen LogP contribution in [0.2, 0.25) is 0 Å². The SMILES string of the molecule is NC(=O)C1CCN(S(=O)(=O)c2sccc2Br)CC1. The molecule has 18 heavy (non-hydrogen) atoms. The lowest BCUT2D eigenvalue weighted by Crippen LogP contribution is -2.41. The van der Waals surface area contributed by atoms with E-state index in [9.17, 15) is 13.2 Å². The molecule has 1 aliphatic heterocycles. The molecule has 5 nitrogen and oxygen atoms in total. The molecule has 0 saturated carbocycles.